The second-order valence-corrected chi connectivity index (χ2v) is 7.24. The molecule has 1 aliphatic carbocycles. The Morgan fingerprint density at radius 1 is 1.18 bits per heavy atom. The second-order valence-electron chi connectivity index (χ2n) is 5.53. The standard InChI is InChI=1S/C16H13Br2N3O/c17-10-5-4-9(8-11(10)18)16-15-12(2-1-3-13(15)22)20-14-6-7-19-21(14)16/h4-8,16,20H,1-3H2. The Balaban J connectivity index is 1.92. The van der Waals surface area contributed by atoms with Gasteiger partial charge in [0.15, 0.2) is 5.78 Å². The molecule has 0 fully saturated rings. The molecule has 1 N–H and O–H groups in total. The fraction of sp³-hybridized carbons (Fsp3) is 0.250. The third-order valence-electron chi connectivity index (χ3n) is 4.18. The number of fused-ring (bicyclic) bond motifs is 1. The van der Waals surface area contributed by atoms with E-state index in [2.05, 4.69) is 48.3 Å². The van der Waals surface area contributed by atoms with Crippen LogP contribution in [-0.4, -0.2) is 15.6 Å². The summed E-state index contributed by atoms with van der Waals surface area (Å²) in [5.41, 5.74) is 2.97. The Morgan fingerprint density at radius 2 is 2.05 bits per heavy atom. The maximum Gasteiger partial charge on any atom is 0.163 e. The minimum absolute atomic E-state index is 0.154. The smallest absolute Gasteiger partial charge is 0.163 e. The first-order valence-electron chi connectivity index (χ1n) is 7.17. The largest absolute Gasteiger partial charge is 0.343 e. The first kappa shape index (κ1) is 14.2. The molecule has 1 atom stereocenters. The van der Waals surface area contributed by atoms with Gasteiger partial charge in [0.1, 0.15) is 11.9 Å². The molecule has 2 aromatic rings. The summed E-state index contributed by atoms with van der Waals surface area (Å²) in [6.45, 7) is 0. The highest BCUT2D eigenvalue weighted by molar-refractivity contribution is 9.13. The van der Waals surface area contributed by atoms with Crippen LogP contribution in [0.4, 0.5) is 5.82 Å². The molecule has 0 saturated carbocycles. The maximum absolute atomic E-state index is 12.5. The molecule has 4 rings (SSSR count). The third-order valence-corrected chi connectivity index (χ3v) is 6.06. The molecule has 4 nitrogen and oxygen atoms in total. The van der Waals surface area contributed by atoms with Crippen LogP contribution < -0.4 is 5.32 Å². The zero-order valence-corrected chi connectivity index (χ0v) is 14.8. The maximum atomic E-state index is 12.5. The predicted octanol–water partition coefficient (Wildman–Crippen LogP) is 4.43. The highest BCUT2D eigenvalue weighted by atomic mass is 79.9. The molecule has 0 spiro atoms. The number of nitrogens with zero attached hydrogens (tertiary/aromatic N) is 2. The van der Waals surface area contributed by atoms with Crippen molar-refractivity contribution < 1.29 is 4.79 Å². The molecule has 1 aromatic carbocycles. The van der Waals surface area contributed by atoms with Crippen LogP contribution in [0.1, 0.15) is 30.9 Å². The number of allylic oxidation sites excluding steroid dienone is 2. The quantitative estimate of drug-likeness (QED) is 0.739. The van der Waals surface area contributed by atoms with E-state index >= 15 is 0 Å². The van der Waals surface area contributed by atoms with Crippen molar-refractivity contribution in [2.45, 2.75) is 25.3 Å². The van der Waals surface area contributed by atoms with Crippen LogP contribution in [0.2, 0.25) is 0 Å². The van der Waals surface area contributed by atoms with E-state index < -0.39 is 0 Å². The summed E-state index contributed by atoms with van der Waals surface area (Å²) < 4.78 is 3.87. The van der Waals surface area contributed by atoms with Crippen molar-refractivity contribution in [2.24, 2.45) is 0 Å². The molecule has 0 saturated heterocycles. The highest BCUT2D eigenvalue weighted by Gasteiger charge is 2.35. The summed E-state index contributed by atoms with van der Waals surface area (Å²) >= 11 is 7.05. The number of carbonyl (C=O) groups excluding carboxylic acids is 1. The van der Waals surface area contributed by atoms with E-state index in [1.807, 2.05) is 22.9 Å². The van der Waals surface area contributed by atoms with Gasteiger partial charge in [-0.25, -0.2) is 4.68 Å². The lowest BCUT2D eigenvalue weighted by atomic mass is 9.85. The van der Waals surface area contributed by atoms with Crippen LogP contribution in [0.5, 0.6) is 0 Å². The first-order chi connectivity index (χ1) is 10.6. The Bertz CT molecular complexity index is 809. The number of ketones is 1. The van der Waals surface area contributed by atoms with Crippen molar-refractivity contribution in [3.05, 3.63) is 56.2 Å². The number of halogens is 2. The van der Waals surface area contributed by atoms with E-state index in [1.165, 1.54) is 0 Å². The van der Waals surface area contributed by atoms with Crippen LogP contribution in [0, 0.1) is 0 Å². The summed E-state index contributed by atoms with van der Waals surface area (Å²) in [6, 6.07) is 7.89. The SMILES string of the molecule is O=C1CCCC2=C1C(c1ccc(Br)c(Br)c1)n1nccc1N2. The Kier molecular flexibility index (Phi) is 3.46. The van der Waals surface area contributed by atoms with Crippen molar-refractivity contribution in [1.82, 2.24) is 9.78 Å². The first-order valence-corrected chi connectivity index (χ1v) is 8.75. The van der Waals surface area contributed by atoms with Gasteiger partial charge in [0.2, 0.25) is 0 Å². The molecule has 0 bridgehead atoms. The van der Waals surface area contributed by atoms with Gasteiger partial charge in [-0.2, -0.15) is 5.10 Å². The minimum atomic E-state index is -0.154. The molecule has 22 heavy (non-hydrogen) atoms. The van der Waals surface area contributed by atoms with Crippen LogP contribution in [-0.2, 0) is 4.79 Å². The Morgan fingerprint density at radius 3 is 2.86 bits per heavy atom. The molecule has 2 aliphatic rings. The van der Waals surface area contributed by atoms with Gasteiger partial charge in [0.25, 0.3) is 0 Å². The molecule has 112 valence electrons. The summed E-state index contributed by atoms with van der Waals surface area (Å²) in [5, 5.41) is 7.81. The Hall–Kier alpha value is -1.40. The number of rotatable bonds is 1. The molecule has 2 heterocycles. The van der Waals surface area contributed by atoms with Gasteiger partial charge in [-0.3, -0.25) is 4.79 Å². The van der Waals surface area contributed by atoms with Crippen LogP contribution in [0.3, 0.4) is 0 Å². The molecule has 0 radical (unpaired) electrons. The predicted molar refractivity (Wildman–Crippen MR) is 91.7 cm³/mol. The molecule has 1 aromatic heterocycles. The van der Waals surface area contributed by atoms with Crippen molar-refractivity contribution in [3.63, 3.8) is 0 Å². The number of benzene rings is 1. The number of anilines is 1. The van der Waals surface area contributed by atoms with Crippen molar-refractivity contribution >= 4 is 43.5 Å². The fourth-order valence-corrected chi connectivity index (χ4v) is 3.84. The topological polar surface area (TPSA) is 46.9 Å². The van der Waals surface area contributed by atoms with Gasteiger partial charge in [0, 0.05) is 32.7 Å². The lowest BCUT2D eigenvalue weighted by molar-refractivity contribution is -0.116. The highest BCUT2D eigenvalue weighted by Crippen LogP contribution is 2.41. The number of aromatic nitrogens is 2. The van der Waals surface area contributed by atoms with Gasteiger partial charge in [-0.15, -0.1) is 0 Å². The lowest BCUT2D eigenvalue weighted by Crippen LogP contribution is -2.31. The molecule has 6 heteroatoms. The zero-order valence-electron chi connectivity index (χ0n) is 11.6. The number of Topliss-reactive ketones (excluding diaryl/α,β-unsaturated/α-hetero) is 1. The number of hydrogen-bond donors (Lipinski definition) is 1. The van der Waals surface area contributed by atoms with E-state index in [1.54, 1.807) is 6.20 Å². The summed E-state index contributed by atoms with van der Waals surface area (Å²) in [7, 11) is 0. The van der Waals surface area contributed by atoms with Gasteiger partial charge < -0.3 is 5.32 Å². The van der Waals surface area contributed by atoms with Crippen molar-refractivity contribution in [3.8, 4) is 0 Å². The monoisotopic (exact) mass is 421 g/mol. The van der Waals surface area contributed by atoms with Gasteiger partial charge in [-0.05, 0) is 62.4 Å². The van der Waals surface area contributed by atoms with Crippen LogP contribution in [0.15, 0.2) is 50.7 Å². The molecular formula is C16H13Br2N3O. The van der Waals surface area contributed by atoms with Crippen molar-refractivity contribution in [2.75, 3.05) is 5.32 Å². The fourth-order valence-electron chi connectivity index (χ4n) is 3.20. The molecular weight excluding hydrogens is 410 g/mol. The van der Waals surface area contributed by atoms with E-state index in [4.69, 9.17) is 0 Å². The van der Waals surface area contributed by atoms with E-state index in [-0.39, 0.29) is 11.8 Å². The average molecular weight is 423 g/mol. The number of carbonyl (C=O) groups is 1. The van der Waals surface area contributed by atoms with Gasteiger partial charge >= 0.3 is 0 Å². The van der Waals surface area contributed by atoms with Crippen LogP contribution >= 0.6 is 31.9 Å². The summed E-state index contributed by atoms with van der Waals surface area (Å²) in [6.07, 6.45) is 4.22. The second kappa shape index (κ2) is 5.35. The molecule has 1 unspecified atom stereocenters. The van der Waals surface area contributed by atoms with Crippen LogP contribution in [0.25, 0.3) is 0 Å². The molecule has 1 aliphatic heterocycles. The van der Waals surface area contributed by atoms with Gasteiger partial charge in [0.05, 0.1) is 6.20 Å². The van der Waals surface area contributed by atoms with Crippen molar-refractivity contribution in [1.29, 1.82) is 0 Å². The summed E-state index contributed by atoms with van der Waals surface area (Å²) in [5.74, 6) is 1.16. The normalized spacial score (nSPS) is 20.5. The van der Waals surface area contributed by atoms with E-state index in [9.17, 15) is 4.79 Å². The van der Waals surface area contributed by atoms with Gasteiger partial charge in [-0.1, -0.05) is 6.07 Å². The molecule has 0 amide bonds. The minimum Gasteiger partial charge on any atom is -0.343 e. The zero-order chi connectivity index (χ0) is 15.3. The number of nitrogens with one attached hydrogen (secondary N) is 1. The average Bonchev–Trinajstić information content (AvgIpc) is 2.96. The van der Waals surface area contributed by atoms with E-state index in [0.717, 1.165) is 44.4 Å². The van der Waals surface area contributed by atoms with E-state index in [0.29, 0.717) is 6.42 Å². The lowest BCUT2D eigenvalue weighted by Gasteiger charge is -2.33. The third kappa shape index (κ3) is 2.16. The Labute approximate surface area is 144 Å². The number of hydrogen-bond acceptors (Lipinski definition) is 3. The summed E-state index contributed by atoms with van der Waals surface area (Å²) in [4.78, 5) is 12.5.